The summed E-state index contributed by atoms with van der Waals surface area (Å²) in [5, 5.41) is 0. The summed E-state index contributed by atoms with van der Waals surface area (Å²) in [7, 11) is 0. The van der Waals surface area contributed by atoms with Crippen LogP contribution in [0.15, 0.2) is 0 Å². The van der Waals surface area contributed by atoms with Crippen LogP contribution in [0.2, 0.25) is 0 Å². The van der Waals surface area contributed by atoms with E-state index in [0.717, 1.165) is 45.3 Å². The van der Waals surface area contributed by atoms with Crippen molar-refractivity contribution in [2.45, 2.75) is 32.1 Å². The molecule has 0 radical (unpaired) electrons. The van der Waals surface area contributed by atoms with Crippen LogP contribution in [-0.4, -0.2) is 30.4 Å². The van der Waals surface area contributed by atoms with Gasteiger partial charge >= 0.3 is 0 Å². The van der Waals surface area contributed by atoms with Gasteiger partial charge in [-0.3, -0.25) is 4.79 Å². The third-order valence-corrected chi connectivity index (χ3v) is 2.83. The summed E-state index contributed by atoms with van der Waals surface area (Å²) in [5.74, 6) is 3.02. The number of rotatable bonds is 6. The van der Waals surface area contributed by atoms with E-state index in [9.17, 15) is 4.79 Å². The van der Waals surface area contributed by atoms with Crippen molar-refractivity contribution in [1.29, 1.82) is 0 Å². The summed E-state index contributed by atoms with van der Waals surface area (Å²) in [6, 6.07) is 0. The maximum atomic E-state index is 11.5. The molecule has 0 aromatic rings. The van der Waals surface area contributed by atoms with Gasteiger partial charge in [0.1, 0.15) is 0 Å². The Bertz CT molecular complexity index is 244. The molecule has 1 saturated heterocycles. The van der Waals surface area contributed by atoms with Crippen molar-refractivity contribution < 1.29 is 4.79 Å². The first-order valence-electron chi connectivity index (χ1n) is 5.72. The van der Waals surface area contributed by atoms with Crippen LogP contribution < -0.4 is 5.73 Å². The molecule has 1 heterocycles. The molecule has 0 aliphatic carbocycles. The summed E-state index contributed by atoms with van der Waals surface area (Å²) < 4.78 is 0. The summed E-state index contributed by atoms with van der Waals surface area (Å²) in [5.41, 5.74) is 5.40. The first-order chi connectivity index (χ1) is 7.27. The lowest BCUT2D eigenvalue weighted by Gasteiger charge is -2.15. The number of hydrogen-bond donors (Lipinski definition) is 1. The number of amides is 1. The van der Waals surface area contributed by atoms with E-state index in [1.165, 1.54) is 0 Å². The van der Waals surface area contributed by atoms with Crippen LogP contribution in [0.5, 0.6) is 0 Å². The van der Waals surface area contributed by atoms with E-state index in [2.05, 4.69) is 5.92 Å². The number of carbonyl (C=O) groups excluding carboxylic acids is 1. The fourth-order valence-electron chi connectivity index (χ4n) is 1.90. The van der Waals surface area contributed by atoms with E-state index < -0.39 is 0 Å². The molecule has 1 unspecified atom stereocenters. The van der Waals surface area contributed by atoms with E-state index in [-0.39, 0.29) is 11.8 Å². The van der Waals surface area contributed by atoms with Gasteiger partial charge in [-0.1, -0.05) is 12.8 Å². The van der Waals surface area contributed by atoms with Crippen molar-refractivity contribution >= 4 is 5.91 Å². The molecule has 1 atom stereocenters. The third-order valence-electron chi connectivity index (χ3n) is 2.83. The van der Waals surface area contributed by atoms with Crippen LogP contribution in [-0.2, 0) is 4.79 Å². The van der Waals surface area contributed by atoms with Gasteiger partial charge in [0.25, 0.3) is 0 Å². The molecule has 0 aromatic heterocycles. The zero-order valence-electron chi connectivity index (χ0n) is 9.24. The van der Waals surface area contributed by atoms with E-state index in [1.54, 1.807) is 0 Å². The van der Waals surface area contributed by atoms with Crippen molar-refractivity contribution in [2.75, 3.05) is 19.6 Å². The summed E-state index contributed by atoms with van der Waals surface area (Å²) in [6.07, 6.45) is 10.3. The fraction of sp³-hybridized carbons (Fsp3) is 0.750. The summed E-state index contributed by atoms with van der Waals surface area (Å²) in [4.78, 5) is 13.4. The monoisotopic (exact) mass is 208 g/mol. The molecule has 1 aliphatic heterocycles. The highest BCUT2D eigenvalue weighted by Crippen LogP contribution is 2.17. The number of nitrogens with two attached hydrogens (primary N) is 1. The molecule has 84 valence electrons. The molecular weight excluding hydrogens is 188 g/mol. The maximum absolute atomic E-state index is 11.5. The Hall–Kier alpha value is -1.01. The maximum Gasteiger partial charge on any atom is 0.223 e. The van der Waals surface area contributed by atoms with Gasteiger partial charge in [0.05, 0.1) is 0 Å². The highest BCUT2D eigenvalue weighted by molar-refractivity contribution is 5.79. The summed E-state index contributed by atoms with van der Waals surface area (Å²) >= 11 is 0. The van der Waals surface area contributed by atoms with Gasteiger partial charge in [0, 0.05) is 25.4 Å². The minimum Gasteiger partial charge on any atom is -0.341 e. The van der Waals surface area contributed by atoms with Crippen LogP contribution in [0.4, 0.5) is 0 Å². The smallest absolute Gasteiger partial charge is 0.223 e. The fourth-order valence-corrected chi connectivity index (χ4v) is 1.90. The second-order valence-electron chi connectivity index (χ2n) is 4.11. The molecule has 1 rings (SSSR count). The van der Waals surface area contributed by atoms with Crippen molar-refractivity contribution in [3.8, 4) is 12.3 Å². The zero-order chi connectivity index (χ0) is 11.1. The number of terminal acetylenes is 1. The Labute approximate surface area is 92.0 Å². The molecule has 15 heavy (non-hydrogen) atoms. The average molecular weight is 208 g/mol. The normalized spacial score (nSPS) is 20.7. The van der Waals surface area contributed by atoms with E-state index in [4.69, 9.17) is 12.2 Å². The van der Waals surface area contributed by atoms with E-state index in [0.29, 0.717) is 6.42 Å². The van der Waals surface area contributed by atoms with Crippen LogP contribution in [0.1, 0.15) is 32.1 Å². The topological polar surface area (TPSA) is 46.3 Å². The van der Waals surface area contributed by atoms with Crippen LogP contribution in [0.25, 0.3) is 0 Å². The number of unbranched alkanes of at least 4 members (excludes halogenated alkanes) is 3. The number of carbonyl (C=O) groups is 1. The standard InChI is InChI=1S/C12H20N2O/c1-2-11-9-12(15)14(10-11)8-6-4-3-5-7-13/h1,11H,3-10,13H2. The van der Waals surface area contributed by atoms with Crippen molar-refractivity contribution in [2.24, 2.45) is 11.7 Å². The van der Waals surface area contributed by atoms with Gasteiger partial charge < -0.3 is 10.6 Å². The molecule has 0 saturated carbocycles. The van der Waals surface area contributed by atoms with Crippen molar-refractivity contribution in [3.63, 3.8) is 0 Å². The zero-order valence-corrected chi connectivity index (χ0v) is 9.24. The predicted molar refractivity (Wildman–Crippen MR) is 61.0 cm³/mol. The Balaban J connectivity index is 2.12. The molecule has 1 fully saturated rings. The molecule has 0 bridgehead atoms. The van der Waals surface area contributed by atoms with Crippen LogP contribution in [0, 0.1) is 18.3 Å². The molecule has 3 nitrogen and oxygen atoms in total. The lowest BCUT2D eigenvalue weighted by atomic mass is 10.1. The van der Waals surface area contributed by atoms with Gasteiger partial charge in [-0.2, -0.15) is 0 Å². The first kappa shape index (κ1) is 12.1. The average Bonchev–Trinajstić information content (AvgIpc) is 2.59. The minimum absolute atomic E-state index is 0.140. The van der Waals surface area contributed by atoms with Gasteiger partial charge in [0.15, 0.2) is 0 Å². The Morgan fingerprint density at radius 1 is 1.40 bits per heavy atom. The SMILES string of the molecule is C#CC1CC(=O)N(CCCCCCN)C1. The van der Waals surface area contributed by atoms with E-state index >= 15 is 0 Å². The van der Waals surface area contributed by atoms with Crippen LogP contribution in [0.3, 0.4) is 0 Å². The number of hydrogen-bond acceptors (Lipinski definition) is 2. The van der Waals surface area contributed by atoms with Crippen molar-refractivity contribution in [1.82, 2.24) is 4.90 Å². The Morgan fingerprint density at radius 2 is 2.13 bits per heavy atom. The molecule has 3 heteroatoms. The van der Waals surface area contributed by atoms with E-state index in [1.807, 2.05) is 4.90 Å². The largest absolute Gasteiger partial charge is 0.341 e. The Morgan fingerprint density at radius 3 is 2.73 bits per heavy atom. The van der Waals surface area contributed by atoms with Gasteiger partial charge in [-0.05, 0) is 19.4 Å². The number of nitrogens with zero attached hydrogens (tertiary/aromatic N) is 1. The quantitative estimate of drug-likeness (QED) is 0.522. The third kappa shape index (κ3) is 3.93. The molecule has 0 spiro atoms. The lowest BCUT2D eigenvalue weighted by molar-refractivity contribution is -0.127. The van der Waals surface area contributed by atoms with Gasteiger partial charge in [-0.15, -0.1) is 12.3 Å². The molecule has 2 N–H and O–H groups in total. The lowest BCUT2D eigenvalue weighted by Crippen LogP contribution is -2.26. The Kier molecular flexibility index (Phi) is 5.20. The number of likely N-dealkylation sites (tertiary alicyclic amines) is 1. The molecular formula is C12H20N2O. The highest BCUT2D eigenvalue weighted by atomic mass is 16.2. The molecule has 1 amide bonds. The van der Waals surface area contributed by atoms with Crippen molar-refractivity contribution in [3.05, 3.63) is 0 Å². The highest BCUT2D eigenvalue weighted by Gasteiger charge is 2.27. The second-order valence-corrected chi connectivity index (χ2v) is 4.11. The molecule has 0 aromatic carbocycles. The van der Waals surface area contributed by atoms with Gasteiger partial charge in [-0.25, -0.2) is 0 Å². The first-order valence-corrected chi connectivity index (χ1v) is 5.72. The molecule has 1 aliphatic rings. The minimum atomic E-state index is 0.140. The summed E-state index contributed by atoms with van der Waals surface area (Å²) in [6.45, 7) is 2.38. The predicted octanol–water partition coefficient (Wildman–Crippen LogP) is 0.987. The van der Waals surface area contributed by atoms with Crippen LogP contribution >= 0.6 is 0 Å². The second kappa shape index (κ2) is 6.47. The van der Waals surface area contributed by atoms with Gasteiger partial charge in [0.2, 0.25) is 5.91 Å².